The molecule has 1 rings (SSSR count). The molecule has 1 amide bonds. The molecule has 0 bridgehead atoms. The Morgan fingerprint density at radius 3 is 2.25 bits per heavy atom. The third kappa shape index (κ3) is 6.93. The Hall–Kier alpha value is -0.290. The van der Waals surface area contributed by atoms with Gasteiger partial charge < -0.3 is 5.32 Å². The van der Waals surface area contributed by atoms with Crippen LogP contribution < -0.4 is 5.32 Å². The van der Waals surface area contributed by atoms with Gasteiger partial charge in [-0.1, -0.05) is 45.4 Å². The van der Waals surface area contributed by atoms with Gasteiger partial charge in [0.25, 0.3) is 0 Å². The second kappa shape index (κ2) is 8.88. The number of sulfone groups is 1. The van der Waals surface area contributed by atoms with Gasteiger partial charge in [-0.3, -0.25) is 4.79 Å². The summed E-state index contributed by atoms with van der Waals surface area (Å²) in [6.45, 7) is 2.19. The van der Waals surface area contributed by atoms with E-state index in [1.807, 2.05) is 0 Å². The lowest BCUT2D eigenvalue weighted by Crippen LogP contribution is -2.40. The van der Waals surface area contributed by atoms with Gasteiger partial charge in [0.15, 0.2) is 9.84 Å². The van der Waals surface area contributed by atoms with Gasteiger partial charge in [0.05, 0.1) is 22.9 Å². The summed E-state index contributed by atoms with van der Waals surface area (Å²) in [5.74, 6) is -0.132. The van der Waals surface area contributed by atoms with Crippen LogP contribution in [0.2, 0.25) is 0 Å². The highest BCUT2D eigenvalue weighted by molar-refractivity contribution is 7.91. The van der Waals surface area contributed by atoms with Crippen LogP contribution in [0.15, 0.2) is 0 Å². The third-order valence-corrected chi connectivity index (χ3v) is 6.01. The van der Waals surface area contributed by atoms with Crippen molar-refractivity contribution in [3.63, 3.8) is 0 Å². The molecule has 0 spiro atoms. The first kappa shape index (κ1) is 17.8. The topological polar surface area (TPSA) is 63.2 Å². The fourth-order valence-corrected chi connectivity index (χ4v) is 5.01. The number of carbonyl (C=O) groups excluding carboxylic acids is 1. The molecule has 1 fully saturated rings. The lowest BCUT2D eigenvalue weighted by molar-refractivity contribution is -0.121. The molecule has 20 heavy (non-hydrogen) atoms. The molecular formula is C14H26ClNO3S. The number of rotatable bonds is 9. The second-order valence-corrected chi connectivity index (χ2v) is 8.35. The summed E-state index contributed by atoms with van der Waals surface area (Å²) < 4.78 is 22.8. The van der Waals surface area contributed by atoms with Crippen molar-refractivity contribution < 1.29 is 13.2 Å². The summed E-state index contributed by atoms with van der Waals surface area (Å²) in [5, 5.41) is 2.26. The van der Waals surface area contributed by atoms with Crippen molar-refractivity contribution in [3.05, 3.63) is 0 Å². The van der Waals surface area contributed by atoms with Crippen LogP contribution in [-0.4, -0.2) is 37.2 Å². The quantitative estimate of drug-likeness (QED) is 0.524. The zero-order valence-electron chi connectivity index (χ0n) is 12.2. The molecule has 1 aliphatic rings. The van der Waals surface area contributed by atoms with E-state index < -0.39 is 21.3 Å². The Morgan fingerprint density at radius 1 is 1.10 bits per heavy atom. The molecule has 118 valence electrons. The Labute approximate surface area is 127 Å². The van der Waals surface area contributed by atoms with Crippen LogP contribution in [-0.2, 0) is 14.6 Å². The summed E-state index contributed by atoms with van der Waals surface area (Å²) in [7, 11) is -3.07. The van der Waals surface area contributed by atoms with Crippen molar-refractivity contribution >= 4 is 27.3 Å². The molecule has 0 aromatic carbocycles. The SMILES string of the molecule is CCCCCCCCCC(=O)NC1CS(=O)(=O)CC1Cl. The molecule has 1 aliphatic heterocycles. The minimum absolute atomic E-state index is 0.0239. The van der Waals surface area contributed by atoms with Gasteiger partial charge in [-0.2, -0.15) is 0 Å². The Balaban J connectivity index is 2.09. The molecule has 2 atom stereocenters. The monoisotopic (exact) mass is 323 g/mol. The largest absolute Gasteiger partial charge is 0.351 e. The fourth-order valence-electron chi connectivity index (χ4n) is 2.46. The van der Waals surface area contributed by atoms with Crippen LogP contribution in [0.25, 0.3) is 0 Å². The predicted octanol–water partition coefficient (Wildman–Crippen LogP) is 2.65. The molecule has 0 radical (unpaired) electrons. The predicted molar refractivity (Wildman–Crippen MR) is 82.8 cm³/mol. The van der Waals surface area contributed by atoms with E-state index in [9.17, 15) is 13.2 Å². The van der Waals surface area contributed by atoms with Crippen LogP contribution in [0.3, 0.4) is 0 Å². The first-order valence-electron chi connectivity index (χ1n) is 7.58. The minimum Gasteiger partial charge on any atom is -0.351 e. The van der Waals surface area contributed by atoms with Crippen LogP contribution >= 0.6 is 11.6 Å². The van der Waals surface area contributed by atoms with E-state index >= 15 is 0 Å². The molecule has 0 aromatic heterocycles. The first-order chi connectivity index (χ1) is 9.44. The van der Waals surface area contributed by atoms with Crippen LogP contribution in [0.1, 0.15) is 58.3 Å². The summed E-state index contributed by atoms with van der Waals surface area (Å²) >= 11 is 5.95. The van der Waals surface area contributed by atoms with Crippen molar-refractivity contribution in [2.75, 3.05) is 11.5 Å². The molecule has 1 N–H and O–H groups in total. The summed E-state index contributed by atoms with van der Waals surface area (Å²) in [4.78, 5) is 11.7. The number of amides is 1. The Morgan fingerprint density at radius 2 is 1.70 bits per heavy atom. The van der Waals surface area contributed by atoms with E-state index in [2.05, 4.69) is 12.2 Å². The molecule has 4 nitrogen and oxygen atoms in total. The summed E-state index contributed by atoms with van der Waals surface area (Å²) in [6.07, 6.45) is 8.60. The zero-order chi connectivity index (χ0) is 15.0. The Bertz CT molecular complexity index is 397. The van der Waals surface area contributed by atoms with Gasteiger partial charge in [-0.05, 0) is 6.42 Å². The van der Waals surface area contributed by atoms with Crippen LogP contribution in [0.5, 0.6) is 0 Å². The highest BCUT2D eigenvalue weighted by Crippen LogP contribution is 2.18. The standard InChI is InChI=1S/C14H26ClNO3S/c1-2-3-4-5-6-7-8-9-14(17)16-13-11-20(18,19)10-12(13)15/h12-13H,2-11H2,1H3,(H,16,17). The molecule has 1 heterocycles. The zero-order valence-corrected chi connectivity index (χ0v) is 13.8. The van der Waals surface area contributed by atoms with Gasteiger partial charge >= 0.3 is 0 Å². The number of alkyl halides is 1. The lowest BCUT2D eigenvalue weighted by Gasteiger charge is -2.14. The number of hydrogen-bond acceptors (Lipinski definition) is 3. The second-order valence-electron chi connectivity index (χ2n) is 5.64. The molecule has 2 unspecified atom stereocenters. The van der Waals surface area contributed by atoms with E-state index in [4.69, 9.17) is 11.6 Å². The summed E-state index contributed by atoms with van der Waals surface area (Å²) in [6, 6.07) is -0.418. The number of unbranched alkanes of at least 4 members (excludes halogenated alkanes) is 6. The smallest absolute Gasteiger partial charge is 0.220 e. The van der Waals surface area contributed by atoms with Crippen molar-refractivity contribution in [1.29, 1.82) is 0 Å². The highest BCUT2D eigenvalue weighted by Gasteiger charge is 2.37. The van der Waals surface area contributed by atoms with Gasteiger partial charge in [0.2, 0.25) is 5.91 Å². The average molecular weight is 324 g/mol. The van der Waals surface area contributed by atoms with Gasteiger partial charge in [0, 0.05) is 6.42 Å². The maximum Gasteiger partial charge on any atom is 0.220 e. The van der Waals surface area contributed by atoms with Gasteiger partial charge in [-0.15, -0.1) is 11.6 Å². The molecule has 0 aromatic rings. The maximum absolute atomic E-state index is 11.7. The molecule has 6 heteroatoms. The maximum atomic E-state index is 11.7. The molecule has 0 saturated carbocycles. The number of halogens is 1. The third-order valence-electron chi connectivity index (χ3n) is 3.64. The number of carbonyl (C=O) groups is 1. The normalized spacial score (nSPS) is 24.7. The minimum atomic E-state index is -3.07. The Kier molecular flexibility index (Phi) is 7.88. The van der Waals surface area contributed by atoms with Crippen molar-refractivity contribution in [1.82, 2.24) is 5.32 Å². The van der Waals surface area contributed by atoms with E-state index in [1.54, 1.807) is 0 Å². The average Bonchev–Trinajstić information content (AvgIpc) is 2.61. The van der Waals surface area contributed by atoms with E-state index in [-0.39, 0.29) is 17.4 Å². The fraction of sp³-hybridized carbons (Fsp3) is 0.929. The summed E-state index contributed by atoms with van der Waals surface area (Å²) in [5.41, 5.74) is 0. The molecular weight excluding hydrogens is 298 g/mol. The van der Waals surface area contributed by atoms with Gasteiger partial charge in [-0.25, -0.2) is 8.42 Å². The number of hydrogen-bond donors (Lipinski definition) is 1. The van der Waals surface area contributed by atoms with E-state index in [0.29, 0.717) is 6.42 Å². The highest BCUT2D eigenvalue weighted by atomic mass is 35.5. The van der Waals surface area contributed by atoms with Crippen molar-refractivity contribution in [3.8, 4) is 0 Å². The number of nitrogens with one attached hydrogen (secondary N) is 1. The van der Waals surface area contributed by atoms with Crippen molar-refractivity contribution in [2.24, 2.45) is 0 Å². The molecule has 1 saturated heterocycles. The lowest BCUT2D eigenvalue weighted by atomic mass is 10.1. The first-order valence-corrected chi connectivity index (χ1v) is 9.84. The van der Waals surface area contributed by atoms with E-state index in [0.717, 1.165) is 12.8 Å². The van der Waals surface area contributed by atoms with Crippen LogP contribution in [0.4, 0.5) is 0 Å². The van der Waals surface area contributed by atoms with E-state index in [1.165, 1.54) is 32.1 Å². The molecule has 0 aliphatic carbocycles. The van der Waals surface area contributed by atoms with Crippen molar-refractivity contribution in [2.45, 2.75) is 69.7 Å². The van der Waals surface area contributed by atoms with Gasteiger partial charge in [0.1, 0.15) is 0 Å². The van der Waals surface area contributed by atoms with Crippen LogP contribution in [0, 0.1) is 0 Å².